The number of benzene rings is 2. The molecule has 0 amide bonds. The largest absolute Gasteiger partial charge is 0.347 e. The molecular formula is C21H19NO6S. The molecule has 0 unspecified atom stereocenters. The van der Waals surface area contributed by atoms with Crippen LogP contribution in [0.15, 0.2) is 47.4 Å². The van der Waals surface area contributed by atoms with E-state index in [1.807, 2.05) is 0 Å². The Bertz CT molecular complexity index is 1120. The van der Waals surface area contributed by atoms with Gasteiger partial charge in [0.1, 0.15) is 0 Å². The molecule has 150 valence electrons. The van der Waals surface area contributed by atoms with Crippen LogP contribution >= 0.6 is 0 Å². The van der Waals surface area contributed by atoms with Crippen LogP contribution in [0.2, 0.25) is 0 Å². The lowest BCUT2D eigenvalue weighted by Crippen LogP contribution is -2.47. The quantitative estimate of drug-likeness (QED) is 0.638. The van der Waals surface area contributed by atoms with Gasteiger partial charge in [0.05, 0.1) is 18.1 Å². The van der Waals surface area contributed by atoms with Gasteiger partial charge in [-0.1, -0.05) is 24.3 Å². The van der Waals surface area contributed by atoms with Crippen LogP contribution in [0.1, 0.15) is 44.7 Å². The van der Waals surface area contributed by atoms with Gasteiger partial charge in [-0.05, 0) is 18.2 Å². The lowest BCUT2D eigenvalue weighted by molar-refractivity contribution is -0.179. The predicted molar refractivity (Wildman–Crippen MR) is 102 cm³/mol. The maximum absolute atomic E-state index is 13.2. The lowest BCUT2D eigenvalue weighted by atomic mass is 9.84. The van der Waals surface area contributed by atoms with Gasteiger partial charge >= 0.3 is 0 Å². The molecule has 2 saturated heterocycles. The topological polar surface area (TPSA) is 90.0 Å². The van der Waals surface area contributed by atoms with Crippen LogP contribution in [-0.4, -0.2) is 56.4 Å². The molecule has 7 nitrogen and oxygen atoms in total. The number of sulfonamides is 1. The summed E-state index contributed by atoms with van der Waals surface area (Å²) in [7, 11) is -3.80. The van der Waals surface area contributed by atoms with E-state index in [9.17, 15) is 18.0 Å². The first-order valence-electron chi connectivity index (χ1n) is 9.52. The molecule has 0 N–H and O–H groups in total. The second-order valence-corrected chi connectivity index (χ2v) is 9.36. The zero-order valence-electron chi connectivity index (χ0n) is 15.6. The maximum atomic E-state index is 13.2. The Hall–Kier alpha value is -2.39. The van der Waals surface area contributed by atoms with Crippen molar-refractivity contribution in [3.63, 3.8) is 0 Å². The molecule has 8 heteroatoms. The van der Waals surface area contributed by atoms with Crippen LogP contribution in [0, 0.1) is 0 Å². The highest BCUT2D eigenvalue weighted by atomic mass is 32.2. The van der Waals surface area contributed by atoms with Crippen LogP contribution in [0.5, 0.6) is 0 Å². The molecule has 0 saturated carbocycles. The minimum absolute atomic E-state index is 0.0148. The van der Waals surface area contributed by atoms with Crippen LogP contribution in [-0.2, 0) is 19.5 Å². The summed E-state index contributed by atoms with van der Waals surface area (Å²) in [6.07, 6.45) is 0.921. The monoisotopic (exact) mass is 413 g/mol. The number of hydrogen-bond donors (Lipinski definition) is 0. The van der Waals surface area contributed by atoms with Crippen molar-refractivity contribution in [2.75, 3.05) is 26.3 Å². The standard InChI is InChI=1S/C21H19NO6S/c23-19-15-3-1-2-4-16(15)20(24)18-13-14(5-6-17(18)19)29(25,26)22-9-7-21(8-10-22)27-11-12-28-21/h1-6,13H,7-12H2. The third-order valence-electron chi connectivity index (χ3n) is 5.83. The summed E-state index contributed by atoms with van der Waals surface area (Å²) in [6.45, 7) is 1.59. The molecule has 1 aliphatic carbocycles. The smallest absolute Gasteiger partial charge is 0.243 e. The van der Waals surface area contributed by atoms with E-state index < -0.39 is 15.8 Å². The van der Waals surface area contributed by atoms with E-state index in [4.69, 9.17) is 9.47 Å². The number of carbonyl (C=O) groups is 2. The van der Waals surface area contributed by atoms with Gasteiger partial charge in [-0.15, -0.1) is 0 Å². The highest BCUT2D eigenvalue weighted by molar-refractivity contribution is 7.89. The number of ether oxygens (including phenoxy) is 2. The zero-order chi connectivity index (χ0) is 20.2. The van der Waals surface area contributed by atoms with Crippen molar-refractivity contribution in [2.24, 2.45) is 0 Å². The molecule has 0 aromatic heterocycles. The van der Waals surface area contributed by atoms with Crippen molar-refractivity contribution < 1.29 is 27.5 Å². The molecular weight excluding hydrogens is 394 g/mol. The highest BCUT2D eigenvalue weighted by Crippen LogP contribution is 2.34. The van der Waals surface area contributed by atoms with Gasteiger partial charge < -0.3 is 9.47 Å². The Morgan fingerprint density at radius 3 is 1.97 bits per heavy atom. The Morgan fingerprint density at radius 2 is 1.34 bits per heavy atom. The van der Waals surface area contributed by atoms with Crippen molar-refractivity contribution in [1.82, 2.24) is 4.31 Å². The minimum Gasteiger partial charge on any atom is -0.347 e. The lowest BCUT2D eigenvalue weighted by Gasteiger charge is -2.36. The average molecular weight is 413 g/mol. The summed E-state index contributed by atoms with van der Waals surface area (Å²) in [5.41, 5.74) is 1.01. The van der Waals surface area contributed by atoms with Gasteiger partial charge in [-0.25, -0.2) is 8.42 Å². The molecule has 2 heterocycles. The minimum atomic E-state index is -3.80. The number of nitrogens with zero attached hydrogens (tertiary/aromatic N) is 1. The van der Waals surface area contributed by atoms with Crippen molar-refractivity contribution in [2.45, 2.75) is 23.5 Å². The second kappa shape index (κ2) is 6.56. The summed E-state index contributed by atoms with van der Waals surface area (Å²) < 4.78 is 39.0. The fourth-order valence-electron chi connectivity index (χ4n) is 4.24. The van der Waals surface area contributed by atoms with E-state index in [-0.39, 0.29) is 40.7 Å². The first kappa shape index (κ1) is 18.6. The molecule has 2 aromatic rings. The molecule has 0 bridgehead atoms. The van der Waals surface area contributed by atoms with E-state index in [0.29, 0.717) is 37.2 Å². The SMILES string of the molecule is O=C1c2ccccc2C(=O)c2cc(S(=O)(=O)N3CCC4(CC3)OCCO4)ccc21. The average Bonchev–Trinajstić information content (AvgIpc) is 3.19. The molecule has 29 heavy (non-hydrogen) atoms. The number of ketones is 2. The summed E-state index contributed by atoms with van der Waals surface area (Å²) in [5.74, 6) is -1.28. The number of carbonyl (C=O) groups excluding carboxylic acids is 2. The van der Waals surface area contributed by atoms with E-state index in [1.54, 1.807) is 24.3 Å². The van der Waals surface area contributed by atoms with Crippen LogP contribution in [0.25, 0.3) is 0 Å². The molecule has 1 spiro atoms. The Kier molecular flexibility index (Phi) is 4.22. The first-order valence-corrected chi connectivity index (χ1v) is 11.0. The molecule has 2 fully saturated rings. The number of hydrogen-bond acceptors (Lipinski definition) is 6. The second-order valence-electron chi connectivity index (χ2n) is 7.42. The van der Waals surface area contributed by atoms with Gasteiger partial charge in [0.2, 0.25) is 10.0 Å². The molecule has 5 rings (SSSR count). The summed E-state index contributed by atoms with van der Waals surface area (Å²) >= 11 is 0. The molecule has 2 aliphatic heterocycles. The third-order valence-corrected chi connectivity index (χ3v) is 7.73. The van der Waals surface area contributed by atoms with E-state index in [2.05, 4.69) is 0 Å². The number of piperidine rings is 1. The highest BCUT2D eigenvalue weighted by Gasteiger charge is 2.43. The molecule has 0 atom stereocenters. The Labute approximate surface area is 168 Å². The van der Waals surface area contributed by atoms with Crippen molar-refractivity contribution >= 4 is 21.6 Å². The summed E-state index contributed by atoms with van der Waals surface area (Å²) in [4.78, 5) is 25.6. The first-order chi connectivity index (χ1) is 13.9. The third kappa shape index (κ3) is 2.86. The fourth-order valence-corrected chi connectivity index (χ4v) is 5.71. The van der Waals surface area contributed by atoms with Crippen LogP contribution in [0.4, 0.5) is 0 Å². The zero-order valence-corrected chi connectivity index (χ0v) is 16.4. The van der Waals surface area contributed by atoms with Gasteiger partial charge in [-0.2, -0.15) is 4.31 Å². The van der Waals surface area contributed by atoms with Gasteiger partial charge in [0, 0.05) is 48.2 Å². The summed E-state index contributed by atoms with van der Waals surface area (Å²) in [6, 6.07) is 10.8. The van der Waals surface area contributed by atoms with Crippen LogP contribution < -0.4 is 0 Å². The predicted octanol–water partition coefficient (Wildman–Crippen LogP) is 1.99. The van der Waals surface area contributed by atoms with E-state index in [1.165, 1.54) is 22.5 Å². The Morgan fingerprint density at radius 1 is 0.793 bits per heavy atom. The number of rotatable bonds is 2. The maximum Gasteiger partial charge on any atom is 0.243 e. The van der Waals surface area contributed by atoms with E-state index >= 15 is 0 Å². The molecule has 3 aliphatic rings. The molecule has 0 radical (unpaired) electrons. The van der Waals surface area contributed by atoms with Crippen LogP contribution in [0.3, 0.4) is 0 Å². The van der Waals surface area contributed by atoms with Crippen molar-refractivity contribution in [3.8, 4) is 0 Å². The normalized spacial score (nSPS) is 21.2. The van der Waals surface area contributed by atoms with Gasteiger partial charge in [0.25, 0.3) is 0 Å². The summed E-state index contributed by atoms with van der Waals surface area (Å²) in [5, 5.41) is 0. The van der Waals surface area contributed by atoms with Gasteiger partial charge in [0.15, 0.2) is 17.4 Å². The fraction of sp³-hybridized carbons (Fsp3) is 0.333. The van der Waals surface area contributed by atoms with Gasteiger partial charge in [-0.3, -0.25) is 9.59 Å². The van der Waals surface area contributed by atoms with E-state index in [0.717, 1.165) is 0 Å². The Balaban J connectivity index is 1.47. The molecule has 2 aromatic carbocycles. The number of fused-ring (bicyclic) bond motifs is 2. The van der Waals surface area contributed by atoms with Crippen molar-refractivity contribution in [3.05, 3.63) is 64.7 Å². The van der Waals surface area contributed by atoms with Crippen molar-refractivity contribution in [1.29, 1.82) is 0 Å².